The Morgan fingerprint density at radius 1 is 1.15 bits per heavy atom. The number of hydrogen-bond acceptors (Lipinski definition) is 3. The Morgan fingerprint density at radius 3 is 2.40 bits per heavy atom. The van der Waals surface area contributed by atoms with Crippen molar-refractivity contribution in [3.63, 3.8) is 0 Å². The van der Waals surface area contributed by atoms with Crippen molar-refractivity contribution in [2.45, 2.75) is 63.2 Å². The summed E-state index contributed by atoms with van der Waals surface area (Å²) in [4.78, 5) is 15.0. The predicted octanol–water partition coefficient (Wildman–Crippen LogP) is 1.53. The summed E-state index contributed by atoms with van der Waals surface area (Å²) in [5.41, 5.74) is 6.10. The number of carbonyl (C=O) groups is 1. The SMILES string of the molecule is CC1(N)CCCCC1C(=O)N1CC2C3CCC(O3)C2C1. The van der Waals surface area contributed by atoms with E-state index in [2.05, 4.69) is 11.8 Å². The van der Waals surface area contributed by atoms with Crippen LogP contribution in [-0.4, -0.2) is 41.6 Å². The number of hydrogen-bond donors (Lipinski definition) is 1. The summed E-state index contributed by atoms with van der Waals surface area (Å²) in [6.45, 7) is 3.90. The molecule has 2 bridgehead atoms. The van der Waals surface area contributed by atoms with Crippen molar-refractivity contribution in [2.75, 3.05) is 13.1 Å². The van der Waals surface area contributed by atoms with Gasteiger partial charge in [-0.15, -0.1) is 0 Å². The minimum absolute atomic E-state index is 0.0358. The second-order valence-corrected chi connectivity index (χ2v) is 7.67. The summed E-state index contributed by atoms with van der Waals surface area (Å²) in [6, 6.07) is 0. The highest BCUT2D eigenvalue weighted by Crippen LogP contribution is 2.47. The maximum Gasteiger partial charge on any atom is 0.227 e. The van der Waals surface area contributed by atoms with Gasteiger partial charge in [0.1, 0.15) is 0 Å². The van der Waals surface area contributed by atoms with Crippen molar-refractivity contribution in [1.82, 2.24) is 4.90 Å². The van der Waals surface area contributed by atoms with Crippen molar-refractivity contribution >= 4 is 5.91 Å². The van der Waals surface area contributed by atoms with E-state index in [-0.39, 0.29) is 11.5 Å². The quantitative estimate of drug-likeness (QED) is 0.791. The zero-order chi connectivity index (χ0) is 13.9. The molecule has 3 heterocycles. The average Bonchev–Trinajstić information content (AvgIpc) is 3.09. The van der Waals surface area contributed by atoms with Crippen LogP contribution in [0.15, 0.2) is 0 Å². The molecule has 4 aliphatic rings. The molecule has 4 nitrogen and oxygen atoms in total. The zero-order valence-corrected chi connectivity index (χ0v) is 12.4. The normalized spacial score (nSPS) is 50.5. The van der Waals surface area contributed by atoms with E-state index >= 15 is 0 Å². The van der Waals surface area contributed by atoms with Crippen molar-refractivity contribution < 1.29 is 9.53 Å². The van der Waals surface area contributed by atoms with Crippen LogP contribution in [0, 0.1) is 17.8 Å². The number of ether oxygens (including phenoxy) is 1. The van der Waals surface area contributed by atoms with Crippen LogP contribution in [0.5, 0.6) is 0 Å². The fraction of sp³-hybridized carbons (Fsp3) is 0.938. The van der Waals surface area contributed by atoms with Gasteiger partial charge in [0.2, 0.25) is 5.91 Å². The van der Waals surface area contributed by atoms with Gasteiger partial charge in [-0.3, -0.25) is 4.79 Å². The summed E-state index contributed by atoms with van der Waals surface area (Å²) >= 11 is 0. The van der Waals surface area contributed by atoms with Crippen LogP contribution in [0.3, 0.4) is 0 Å². The number of carbonyl (C=O) groups excluding carboxylic acids is 1. The molecule has 0 aromatic carbocycles. The average molecular weight is 278 g/mol. The Kier molecular flexibility index (Phi) is 2.90. The van der Waals surface area contributed by atoms with E-state index in [1.54, 1.807) is 0 Å². The Balaban J connectivity index is 1.47. The fourth-order valence-corrected chi connectivity index (χ4v) is 5.12. The predicted molar refractivity (Wildman–Crippen MR) is 76.0 cm³/mol. The van der Waals surface area contributed by atoms with Gasteiger partial charge in [-0.2, -0.15) is 0 Å². The van der Waals surface area contributed by atoms with E-state index in [0.717, 1.165) is 32.4 Å². The van der Waals surface area contributed by atoms with Crippen LogP contribution in [0.1, 0.15) is 45.4 Å². The summed E-state index contributed by atoms with van der Waals surface area (Å²) in [5.74, 6) is 1.56. The second-order valence-electron chi connectivity index (χ2n) is 7.67. The van der Waals surface area contributed by atoms with E-state index in [4.69, 9.17) is 10.5 Å². The highest BCUT2D eigenvalue weighted by molar-refractivity contribution is 5.80. The van der Waals surface area contributed by atoms with E-state index in [0.29, 0.717) is 30.0 Å². The minimum Gasteiger partial charge on any atom is -0.374 e. The van der Waals surface area contributed by atoms with Crippen LogP contribution in [0.25, 0.3) is 0 Å². The Bertz CT molecular complexity index is 405. The first-order valence-corrected chi connectivity index (χ1v) is 8.29. The smallest absolute Gasteiger partial charge is 0.227 e. The molecular formula is C16H26N2O2. The first-order chi connectivity index (χ1) is 9.56. The monoisotopic (exact) mass is 278 g/mol. The van der Waals surface area contributed by atoms with E-state index in [1.165, 1.54) is 19.3 Å². The number of rotatable bonds is 1. The Hall–Kier alpha value is -0.610. The summed E-state index contributed by atoms with van der Waals surface area (Å²) in [7, 11) is 0. The van der Waals surface area contributed by atoms with Crippen LogP contribution < -0.4 is 5.73 Å². The standard InChI is InChI=1S/C16H26N2O2/c1-16(17)7-3-2-4-12(16)15(19)18-8-10-11(9-18)14-6-5-13(10)20-14/h10-14H,2-9,17H2,1H3. The molecule has 4 fully saturated rings. The topological polar surface area (TPSA) is 55.6 Å². The van der Waals surface area contributed by atoms with Gasteiger partial charge in [-0.25, -0.2) is 0 Å². The number of fused-ring (bicyclic) bond motifs is 5. The molecular weight excluding hydrogens is 252 g/mol. The molecule has 4 rings (SSSR count). The third-order valence-electron chi connectivity index (χ3n) is 6.32. The highest BCUT2D eigenvalue weighted by atomic mass is 16.5. The molecule has 4 heteroatoms. The highest BCUT2D eigenvalue weighted by Gasteiger charge is 2.54. The number of likely N-dealkylation sites (tertiary alicyclic amines) is 1. The number of nitrogens with two attached hydrogens (primary N) is 1. The molecule has 0 aromatic rings. The molecule has 0 aromatic heterocycles. The third-order valence-corrected chi connectivity index (χ3v) is 6.32. The summed E-state index contributed by atoms with van der Waals surface area (Å²) in [5, 5.41) is 0. The molecule has 1 amide bonds. The number of nitrogens with zero attached hydrogens (tertiary/aromatic N) is 1. The molecule has 0 radical (unpaired) electrons. The van der Waals surface area contributed by atoms with Crippen molar-refractivity contribution in [3.8, 4) is 0 Å². The molecule has 20 heavy (non-hydrogen) atoms. The first kappa shape index (κ1) is 13.1. The second kappa shape index (κ2) is 4.44. The van der Waals surface area contributed by atoms with E-state index < -0.39 is 0 Å². The van der Waals surface area contributed by atoms with Gasteiger partial charge < -0.3 is 15.4 Å². The number of amides is 1. The molecule has 3 saturated heterocycles. The van der Waals surface area contributed by atoms with Gasteiger partial charge in [-0.1, -0.05) is 12.8 Å². The molecule has 1 aliphatic carbocycles. The molecule has 3 aliphatic heterocycles. The Labute approximate surface area is 121 Å². The third kappa shape index (κ3) is 1.84. The maximum atomic E-state index is 12.9. The van der Waals surface area contributed by atoms with Gasteiger partial charge in [0.25, 0.3) is 0 Å². The van der Waals surface area contributed by atoms with Gasteiger partial charge >= 0.3 is 0 Å². The minimum atomic E-state index is -0.303. The van der Waals surface area contributed by atoms with Crippen LogP contribution >= 0.6 is 0 Å². The Morgan fingerprint density at radius 2 is 1.80 bits per heavy atom. The first-order valence-electron chi connectivity index (χ1n) is 8.29. The van der Waals surface area contributed by atoms with Gasteiger partial charge in [0, 0.05) is 30.5 Å². The maximum absolute atomic E-state index is 12.9. The van der Waals surface area contributed by atoms with E-state index in [1.807, 2.05) is 0 Å². The van der Waals surface area contributed by atoms with Gasteiger partial charge in [-0.05, 0) is 32.6 Å². The molecule has 112 valence electrons. The molecule has 0 spiro atoms. The lowest BCUT2D eigenvalue weighted by molar-refractivity contribution is -0.138. The largest absolute Gasteiger partial charge is 0.374 e. The van der Waals surface area contributed by atoms with Gasteiger partial charge in [0.05, 0.1) is 18.1 Å². The lowest BCUT2D eigenvalue weighted by atomic mass is 9.74. The van der Waals surface area contributed by atoms with Crippen molar-refractivity contribution in [2.24, 2.45) is 23.5 Å². The lowest BCUT2D eigenvalue weighted by Crippen LogP contribution is -2.53. The molecule has 6 unspecified atom stereocenters. The fourth-order valence-electron chi connectivity index (χ4n) is 5.12. The summed E-state index contributed by atoms with van der Waals surface area (Å²) < 4.78 is 5.99. The van der Waals surface area contributed by atoms with Crippen LogP contribution in [0.4, 0.5) is 0 Å². The van der Waals surface area contributed by atoms with E-state index in [9.17, 15) is 4.79 Å². The summed E-state index contributed by atoms with van der Waals surface area (Å²) in [6.07, 6.45) is 7.53. The molecule has 1 saturated carbocycles. The van der Waals surface area contributed by atoms with Crippen LogP contribution in [-0.2, 0) is 9.53 Å². The van der Waals surface area contributed by atoms with Crippen LogP contribution in [0.2, 0.25) is 0 Å². The van der Waals surface area contributed by atoms with Crippen molar-refractivity contribution in [1.29, 1.82) is 0 Å². The zero-order valence-electron chi connectivity index (χ0n) is 12.4. The van der Waals surface area contributed by atoms with Gasteiger partial charge in [0.15, 0.2) is 0 Å². The lowest BCUT2D eigenvalue weighted by Gasteiger charge is -2.39. The molecule has 6 atom stereocenters. The molecule has 2 N–H and O–H groups in total. The van der Waals surface area contributed by atoms with Crippen molar-refractivity contribution in [3.05, 3.63) is 0 Å².